The van der Waals surface area contributed by atoms with Gasteiger partial charge in [0.25, 0.3) is 0 Å². The monoisotopic (exact) mass is 345 g/mol. The fourth-order valence-electron chi connectivity index (χ4n) is 4.16. The Morgan fingerprint density at radius 2 is 1.69 bits per heavy atom. The third-order valence-corrected chi connectivity index (χ3v) is 5.41. The molecule has 4 rings (SSSR count). The summed E-state index contributed by atoms with van der Waals surface area (Å²) in [5.74, 6) is 0.156. The van der Waals surface area contributed by atoms with Gasteiger partial charge in [-0.1, -0.05) is 47.5 Å². The maximum absolute atomic E-state index is 13.1. The van der Waals surface area contributed by atoms with Crippen molar-refractivity contribution in [1.82, 2.24) is 0 Å². The largest absolute Gasteiger partial charge is 0.294 e. The third kappa shape index (κ3) is 2.88. The summed E-state index contributed by atoms with van der Waals surface area (Å²) in [5.41, 5.74) is 6.01. The highest BCUT2D eigenvalue weighted by atomic mass is 16.2. The van der Waals surface area contributed by atoms with Crippen LogP contribution >= 0.6 is 0 Å². The second-order valence-electron chi connectivity index (χ2n) is 7.37. The molecule has 0 fully saturated rings. The van der Waals surface area contributed by atoms with Crippen molar-refractivity contribution in [2.45, 2.75) is 45.4 Å². The van der Waals surface area contributed by atoms with E-state index in [0.29, 0.717) is 12.8 Å². The molecule has 1 aliphatic heterocycles. The van der Waals surface area contributed by atoms with Gasteiger partial charge in [-0.05, 0) is 44.4 Å². The van der Waals surface area contributed by atoms with Crippen molar-refractivity contribution in [2.24, 2.45) is 0 Å². The second-order valence-corrected chi connectivity index (χ2v) is 7.37. The van der Waals surface area contributed by atoms with Gasteiger partial charge in [0.2, 0.25) is 5.91 Å². The first-order valence-electron chi connectivity index (χ1n) is 9.27. The number of rotatable bonds is 2. The van der Waals surface area contributed by atoms with Crippen LogP contribution in [-0.2, 0) is 9.59 Å². The Bertz CT molecular complexity index is 908. The summed E-state index contributed by atoms with van der Waals surface area (Å²) in [7, 11) is 0. The number of anilines is 1. The van der Waals surface area contributed by atoms with E-state index in [2.05, 4.69) is 6.07 Å². The summed E-state index contributed by atoms with van der Waals surface area (Å²) in [6, 6.07) is 16.2. The number of Topliss-reactive ketones (excluding diaryl/α,β-unsaturated/α-hetero) is 1. The predicted molar refractivity (Wildman–Crippen MR) is 103 cm³/mol. The van der Waals surface area contributed by atoms with Gasteiger partial charge in [0.15, 0.2) is 5.78 Å². The summed E-state index contributed by atoms with van der Waals surface area (Å²) in [6.07, 6.45) is 2.52. The first-order chi connectivity index (χ1) is 12.5. The Balaban J connectivity index is 1.85. The molecule has 0 bridgehead atoms. The van der Waals surface area contributed by atoms with Gasteiger partial charge in [-0.2, -0.15) is 0 Å². The molecule has 0 saturated carbocycles. The summed E-state index contributed by atoms with van der Waals surface area (Å²) in [6.45, 7) is 4.08. The van der Waals surface area contributed by atoms with Crippen LogP contribution in [0.1, 0.15) is 48.3 Å². The third-order valence-electron chi connectivity index (χ3n) is 5.41. The number of benzene rings is 2. The number of nitrogens with zero attached hydrogens (tertiary/aromatic N) is 1. The van der Waals surface area contributed by atoms with Gasteiger partial charge in [0.1, 0.15) is 0 Å². The second kappa shape index (κ2) is 6.56. The number of carbonyl (C=O) groups is 2. The number of allylic oxidation sites excluding steroid dienone is 2. The molecule has 3 heteroatoms. The molecular weight excluding hydrogens is 322 g/mol. The van der Waals surface area contributed by atoms with E-state index in [4.69, 9.17) is 0 Å². The summed E-state index contributed by atoms with van der Waals surface area (Å²) < 4.78 is 0. The molecule has 0 saturated heterocycles. The molecular formula is C23H23NO2. The van der Waals surface area contributed by atoms with E-state index in [1.807, 2.05) is 56.3 Å². The molecule has 0 N–H and O–H groups in total. The van der Waals surface area contributed by atoms with Gasteiger partial charge in [0, 0.05) is 35.7 Å². The molecule has 26 heavy (non-hydrogen) atoms. The van der Waals surface area contributed by atoms with Crippen LogP contribution in [0.2, 0.25) is 0 Å². The van der Waals surface area contributed by atoms with Gasteiger partial charge in [-0.25, -0.2) is 0 Å². The molecule has 2 aliphatic rings. The van der Waals surface area contributed by atoms with Crippen LogP contribution in [0.4, 0.5) is 5.69 Å². The summed E-state index contributed by atoms with van der Waals surface area (Å²) >= 11 is 0. The maximum atomic E-state index is 13.1. The Kier molecular flexibility index (Phi) is 4.23. The number of carbonyl (C=O) groups excluding carboxylic acids is 2. The highest BCUT2D eigenvalue weighted by Gasteiger charge is 2.39. The van der Waals surface area contributed by atoms with Gasteiger partial charge in [0.05, 0.1) is 0 Å². The molecule has 132 valence electrons. The van der Waals surface area contributed by atoms with E-state index in [9.17, 15) is 9.59 Å². The maximum Gasteiger partial charge on any atom is 0.232 e. The van der Waals surface area contributed by atoms with Crippen LogP contribution in [0.15, 0.2) is 59.8 Å². The number of hydrogen-bond acceptors (Lipinski definition) is 2. The lowest BCUT2D eigenvalue weighted by Crippen LogP contribution is -2.40. The number of amides is 1. The van der Waals surface area contributed by atoms with Crippen molar-refractivity contribution in [3.63, 3.8) is 0 Å². The average Bonchev–Trinajstić information content (AvgIpc) is 2.62. The molecule has 1 unspecified atom stereocenters. The zero-order valence-electron chi connectivity index (χ0n) is 15.3. The Hall–Kier alpha value is -2.68. The minimum atomic E-state index is -0.119. The molecule has 0 aromatic heterocycles. The molecule has 1 atom stereocenters. The van der Waals surface area contributed by atoms with Crippen LogP contribution in [0.3, 0.4) is 0 Å². The Morgan fingerprint density at radius 1 is 0.923 bits per heavy atom. The van der Waals surface area contributed by atoms with Crippen molar-refractivity contribution >= 4 is 17.4 Å². The molecule has 2 aromatic rings. The highest BCUT2D eigenvalue weighted by molar-refractivity contribution is 6.07. The van der Waals surface area contributed by atoms with Gasteiger partial charge >= 0.3 is 0 Å². The van der Waals surface area contributed by atoms with Gasteiger partial charge in [-0.15, -0.1) is 0 Å². The molecule has 1 amide bonds. The highest BCUT2D eigenvalue weighted by Crippen LogP contribution is 2.43. The van der Waals surface area contributed by atoms with E-state index in [-0.39, 0.29) is 17.6 Å². The van der Waals surface area contributed by atoms with Crippen LogP contribution in [0, 0.1) is 13.8 Å². The molecule has 1 heterocycles. The van der Waals surface area contributed by atoms with Crippen molar-refractivity contribution in [1.29, 1.82) is 0 Å². The lowest BCUT2D eigenvalue weighted by atomic mass is 9.77. The standard InChI is InChI=1S/C23H23NO2/c1-15-9-11-18(12-10-15)24-20-7-4-8-21(25)23(20)19(14-22(24)26)17-6-3-5-16(2)13-17/h3,5-6,9-13,19H,4,7-8,14H2,1-2H3. The zero-order chi connectivity index (χ0) is 18.3. The summed E-state index contributed by atoms with van der Waals surface area (Å²) in [4.78, 5) is 27.7. The fourth-order valence-corrected chi connectivity index (χ4v) is 4.16. The number of ketones is 1. The molecule has 0 radical (unpaired) electrons. The zero-order valence-corrected chi connectivity index (χ0v) is 15.3. The van der Waals surface area contributed by atoms with Crippen LogP contribution in [0.5, 0.6) is 0 Å². The minimum Gasteiger partial charge on any atom is -0.294 e. The van der Waals surface area contributed by atoms with Crippen LogP contribution in [-0.4, -0.2) is 11.7 Å². The lowest BCUT2D eigenvalue weighted by Gasteiger charge is -2.38. The average molecular weight is 345 g/mol. The molecule has 0 spiro atoms. The minimum absolute atomic E-state index is 0.0776. The van der Waals surface area contributed by atoms with E-state index >= 15 is 0 Å². The Morgan fingerprint density at radius 3 is 2.42 bits per heavy atom. The van der Waals surface area contributed by atoms with Gasteiger partial charge < -0.3 is 0 Å². The van der Waals surface area contributed by atoms with Crippen LogP contribution in [0.25, 0.3) is 0 Å². The first-order valence-corrected chi connectivity index (χ1v) is 9.27. The van der Waals surface area contributed by atoms with Crippen molar-refractivity contribution in [2.75, 3.05) is 4.90 Å². The van der Waals surface area contributed by atoms with Gasteiger partial charge in [-0.3, -0.25) is 14.5 Å². The van der Waals surface area contributed by atoms with Crippen molar-refractivity contribution in [3.8, 4) is 0 Å². The van der Waals surface area contributed by atoms with E-state index in [1.54, 1.807) is 4.90 Å². The first kappa shape index (κ1) is 16.8. The molecule has 2 aromatic carbocycles. The number of hydrogen-bond donors (Lipinski definition) is 0. The topological polar surface area (TPSA) is 37.4 Å². The molecule has 1 aliphatic carbocycles. The normalized spacial score (nSPS) is 20.4. The lowest BCUT2D eigenvalue weighted by molar-refractivity contribution is -0.119. The summed E-state index contributed by atoms with van der Waals surface area (Å²) in [5, 5.41) is 0. The number of aryl methyl sites for hydroxylation is 2. The fraction of sp³-hybridized carbons (Fsp3) is 0.304. The smallest absolute Gasteiger partial charge is 0.232 e. The molecule has 3 nitrogen and oxygen atoms in total. The Labute approximate surface area is 154 Å². The van der Waals surface area contributed by atoms with E-state index in [1.165, 1.54) is 0 Å². The van der Waals surface area contributed by atoms with E-state index < -0.39 is 0 Å². The SMILES string of the molecule is Cc1ccc(N2C(=O)CC(c3cccc(C)c3)C3=C2CCCC3=O)cc1. The van der Waals surface area contributed by atoms with Crippen molar-refractivity contribution in [3.05, 3.63) is 76.5 Å². The van der Waals surface area contributed by atoms with E-state index in [0.717, 1.165) is 46.5 Å². The van der Waals surface area contributed by atoms with Crippen molar-refractivity contribution < 1.29 is 9.59 Å². The van der Waals surface area contributed by atoms with Crippen LogP contribution < -0.4 is 4.90 Å². The predicted octanol–water partition coefficient (Wildman–Crippen LogP) is 4.83. The quantitative estimate of drug-likeness (QED) is 0.782.